The number of hydrogen-bond donors (Lipinski definition) is 3. The first kappa shape index (κ1) is 16.7. The highest BCUT2D eigenvalue weighted by Crippen LogP contribution is 2.31. The zero-order valence-corrected chi connectivity index (χ0v) is 11.0. The van der Waals surface area contributed by atoms with Crippen LogP contribution in [0.1, 0.15) is 19.4 Å². The largest absolute Gasteiger partial charge is 0.480 e. The van der Waals surface area contributed by atoms with Gasteiger partial charge in [-0.25, -0.2) is 14.0 Å². The number of carboxylic acids is 1. The van der Waals surface area contributed by atoms with Crippen LogP contribution in [0, 0.1) is 5.82 Å². The van der Waals surface area contributed by atoms with Crippen molar-refractivity contribution in [1.29, 1.82) is 0 Å². The molecule has 0 aliphatic rings. The lowest BCUT2D eigenvalue weighted by Crippen LogP contribution is -2.51. The van der Waals surface area contributed by atoms with E-state index in [2.05, 4.69) is 0 Å². The van der Waals surface area contributed by atoms with Crippen LogP contribution >= 0.6 is 0 Å². The molecule has 2 amide bonds. The monoisotopic (exact) mass is 308 g/mol. The number of halogens is 4. The van der Waals surface area contributed by atoms with Crippen molar-refractivity contribution in [1.82, 2.24) is 5.32 Å². The molecule has 0 unspecified atom stereocenters. The molecule has 0 spiro atoms. The molecule has 0 aliphatic heterocycles. The minimum atomic E-state index is -4.69. The Bertz CT molecular complexity index is 570. The quantitative estimate of drug-likeness (QED) is 0.751. The maximum absolute atomic E-state index is 13.4. The maximum Gasteiger partial charge on any atom is 0.416 e. The minimum Gasteiger partial charge on any atom is -0.480 e. The second-order valence-electron chi connectivity index (χ2n) is 4.70. The maximum atomic E-state index is 13.4. The van der Waals surface area contributed by atoms with E-state index in [0.717, 1.165) is 13.8 Å². The van der Waals surface area contributed by atoms with Crippen molar-refractivity contribution in [3.63, 3.8) is 0 Å². The first-order valence-electron chi connectivity index (χ1n) is 5.63. The van der Waals surface area contributed by atoms with E-state index in [4.69, 9.17) is 5.11 Å². The smallest absolute Gasteiger partial charge is 0.416 e. The molecule has 0 atom stereocenters. The van der Waals surface area contributed by atoms with Crippen LogP contribution in [0.4, 0.5) is 28.0 Å². The van der Waals surface area contributed by atoms with E-state index in [1.807, 2.05) is 10.6 Å². The summed E-state index contributed by atoms with van der Waals surface area (Å²) in [6, 6.07) is 0.365. The number of anilines is 1. The number of carboxylic acid groups (broad SMARTS) is 1. The van der Waals surface area contributed by atoms with Crippen LogP contribution in [0.2, 0.25) is 0 Å². The topological polar surface area (TPSA) is 78.4 Å². The summed E-state index contributed by atoms with van der Waals surface area (Å²) in [5.74, 6) is -2.44. The van der Waals surface area contributed by atoms with Crippen molar-refractivity contribution < 1.29 is 32.3 Å². The number of rotatable bonds is 3. The van der Waals surface area contributed by atoms with E-state index in [9.17, 15) is 27.2 Å². The van der Waals surface area contributed by atoms with E-state index in [1.54, 1.807) is 0 Å². The third-order valence-electron chi connectivity index (χ3n) is 2.50. The number of alkyl halides is 3. The van der Waals surface area contributed by atoms with Gasteiger partial charge in [-0.15, -0.1) is 0 Å². The number of benzene rings is 1. The molecule has 0 radical (unpaired) electrons. The molecule has 1 aromatic carbocycles. The van der Waals surface area contributed by atoms with E-state index < -0.39 is 40.8 Å². The van der Waals surface area contributed by atoms with Crippen molar-refractivity contribution in [3.8, 4) is 0 Å². The number of amides is 2. The van der Waals surface area contributed by atoms with Gasteiger partial charge in [0, 0.05) is 0 Å². The number of urea groups is 1. The van der Waals surface area contributed by atoms with Crippen LogP contribution in [0.25, 0.3) is 0 Å². The molecule has 0 heterocycles. The second kappa shape index (κ2) is 5.58. The minimum absolute atomic E-state index is 0.419. The molecule has 5 nitrogen and oxygen atoms in total. The molecule has 0 fully saturated rings. The van der Waals surface area contributed by atoms with Gasteiger partial charge in [-0.05, 0) is 32.0 Å². The molecule has 0 aliphatic carbocycles. The molecule has 0 saturated carbocycles. The highest BCUT2D eigenvalue weighted by molar-refractivity contribution is 5.93. The van der Waals surface area contributed by atoms with Gasteiger partial charge in [0.2, 0.25) is 0 Å². The van der Waals surface area contributed by atoms with Crippen molar-refractivity contribution in [2.24, 2.45) is 0 Å². The Morgan fingerprint density at radius 2 is 1.76 bits per heavy atom. The Kier molecular flexibility index (Phi) is 4.45. The third-order valence-corrected chi connectivity index (χ3v) is 2.50. The zero-order valence-electron chi connectivity index (χ0n) is 11.0. The number of carbonyl (C=O) groups is 2. The first-order valence-corrected chi connectivity index (χ1v) is 5.63. The lowest BCUT2D eigenvalue weighted by Gasteiger charge is -2.21. The Hall–Kier alpha value is -2.32. The molecule has 116 valence electrons. The van der Waals surface area contributed by atoms with Gasteiger partial charge in [0.15, 0.2) is 0 Å². The predicted octanol–water partition coefficient (Wildman–Crippen LogP) is 2.83. The molecular weight excluding hydrogens is 296 g/mol. The summed E-state index contributed by atoms with van der Waals surface area (Å²) in [6.45, 7) is 2.33. The Morgan fingerprint density at radius 3 is 2.24 bits per heavy atom. The van der Waals surface area contributed by atoms with E-state index in [0.29, 0.717) is 18.2 Å². The highest BCUT2D eigenvalue weighted by atomic mass is 19.4. The van der Waals surface area contributed by atoms with E-state index in [-0.39, 0.29) is 0 Å². The van der Waals surface area contributed by atoms with Crippen LogP contribution in [0.3, 0.4) is 0 Å². The Balaban J connectivity index is 2.93. The summed E-state index contributed by atoms with van der Waals surface area (Å²) in [6.07, 6.45) is -4.69. The van der Waals surface area contributed by atoms with E-state index >= 15 is 0 Å². The number of nitrogens with one attached hydrogen (secondary N) is 2. The van der Waals surface area contributed by atoms with Crippen molar-refractivity contribution in [2.45, 2.75) is 25.6 Å². The average Bonchev–Trinajstić information content (AvgIpc) is 2.29. The summed E-state index contributed by atoms with van der Waals surface area (Å²) in [5.41, 5.74) is -3.51. The molecule has 21 heavy (non-hydrogen) atoms. The number of aliphatic carboxylic acids is 1. The standard InChI is InChI=1S/C12H12F4N2O3/c1-11(2,9(19)20)18-10(21)17-8-5-6(12(14,15)16)3-4-7(8)13/h3-5H,1-2H3,(H,19,20)(H2,17,18,21). The van der Waals surface area contributed by atoms with Crippen molar-refractivity contribution in [2.75, 3.05) is 5.32 Å². The van der Waals surface area contributed by atoms with Crippen LogP contribution in [0.15, 0.2) is 18.2 Å². The van der Waals surface area contributed by atoms with E-state index in [1.165, 1.54) is 0 Å². The van der Waals surface area contributed by atoms with Gasteiger partial charge in [-0.3, -0.25) is 0 Å². The van der Waals surface area contributed by atoms with Gasteiger partial charge >= 0.3 is 18.2 Å². The summed E-state index contributed by atoms with van der Waals surface area (Å²) in [4.78, 5) is 22.3. The lowest BCUT2D eigenvalue weighted by molar-refractivity contribution is -0.143. The van der Waals surface area contributed by atoms with Crippen molar-refractivity contribution in [3.05, 3.63) is 29.6 Å². The van der Waals surface area contributed by atoms with Gasteiger partial charge in [0.1, 0.15) is 11.4 Å². The summed E-state index contributed by atoms with van der Waals surface area (Å²) in [5, 5.41) is 12.6. The fourth-order valence-electron chi connectivity index (χ4n) is 1.29. The van der Waals surface area contributed by atoms with Gasteiger partial charge in [-0.2, -0.15) is 13.2 Å². The van der Waals surface area contributed by atoms with Gasteiger partial charge in [0.05, 0.1) is 11.3 Å². The number of carbonyl (C=O) groups excluding carboxylic acids is 1. The van der Waals surface area contributed by atoms with Crippen LogP contribution in [-0.4, -0.2) is 22.6 Å². The van der Waals surface area contributed by atoms with Crippen LogP contribution < -0.4 is 10.6 Å². The second-order valence-corrected chi connectivity index (χ2v) is 4.70. The highest BCUT2D eigenvalue weighted by Gasteiger charge is 2.32. The SMILES string of the molecule is CC(C)(NC(=O)Nc1cc(C(F)(F)F)ccc1F)C(=O)O. The van der Waals surface area contributed by atoms with Crippen LogP contribution in [0.5, 0.6) is 0 Å². The summed E-state index contributed by atoms with van der Waals surface area (Å²) < 4.78 is 50.8. The third kappa shape index (κ3) is 4.33. The number of hydrogen-bond acceptors (Lipinski definition) is 2. The molecule has 0 bridgehead atoms. The molecular formula is C12H12F4N2O3. The molecule has 1 rings (SSSR count). The molecule has 0 saturated heterocycles. The molecule has 0 aromatic heterocycles. The first-order chi connectivity index (χ1) is 9.43. The Labute approximate surface area is 117 Å². The fraction of sp³-hybridized carbons (Fsp3) is 0.333. The Morgan fingerprint density at radius 1 is 1.19 bits per heavy atom. The lowest BCUT2D eigenvalue weighted by atomic mass is 10.1. The predicted molar refractivity (Wildman–Crippen MR) is 65.3 cm³/mol. The molecule has 9 heteroatoms. The fourth-order valence-corrected chi connectivity index (χ4v) is 1.29. The van der Waals surface area contributed by atoms with Crippen molar-refractivity contribution >= 4 is 17.7 Å². The molecule has 3 N–H and O–H groups in total. The summed E-state index contributed by atoms with van der Waals surface area (Å²) >= 11 is 0. The van der Waals surface area contributed by atoms with Crippen LogP contribution in [-0.2, 0) is 11.0 Å². The average molecular weight is 308 g/mol. The molecule has 1 aromatic rings. The van der Waals surface area contributed by atoms with Gasteiger partial charge in [-0.1, -0.05) is 0 Å². The summed E-state index contributed by atoms with van der Waals surface area (Å²) in [7, 11) is 0. The normalized spacial score (nSPS) is 11.9. The van der Waals surface area contributed by atoms with Gasteiger partial charge in [0.25, 0.3) is 0 Å². The van der Waals surface area contributed by atoms with Gasteiger partial charge < -0.3 is 15.7 Å². The zero-order chi connectivity index (χ0) is 16.4.